The predicted octanol–water partition coefficient (Wildman–Crippen LogP) is 4.65. The molecule has 0 saturated heterocycles. The third-order valence-corrected chi connectivity index (χ3v) is 5.75. The number of aromatic nitrogens is 1. The van der Waals surface area contributed by atoms with E-state index in [-0.39, 0.29) is 5.91 Å². The number of hydrogen-bond donors (Lipinski definition) is 0. The molecular weight excluding hydrogens is 328 g/mol. The van der Waals surface area contributed by atoms with Crippen LogP contribution >= 0.6 is 11.3 Å². The molecule has 1 aromatic heterocycles. The molecule has 0 atom stereocenters. The molecule has 0 radical (unpaired) electrons. The molecule has 3 aromatic rings. The number of hydrogen-bond acceptors (Lipinski definition) is 2. The highest BCUT2D eigenvalue weighted by Gasteiger charge is 2.09. The third-order valence-electron chi connectivity index (χ3n) is 4.46. The Morgan fingerprint density at radius 1 is 1.16 bits per heavy atom. The molecule has 3 nitrogen and oxygen atoms in total. The van der Waals surface area contributed by atoms with Crippen molar-refractivity contribution in [3.05, 3.63) is 63.5 Å². The summed E-state index contributed by atoms with van der Waals surface area (Å²) in [4.78, 5) is 17.5. The number of carbonyl (C=O) groups is 1. The number of nitrogens with zero attached hydrogens (tertiary/aromatic N) is 2. The second kappa shape index (κ2) is 6.96. The zero-order valence-electron chi connectivity index (χ0n) is 15.5. The first-order chi connectivity index (χ1) is 11.8. The molecule has 0 bridgehead atoms. The van der Waals surface area contributed by atoms with Gasteiger partial charge in [0.15, 0.2) is 4.80 Å². The molecule has 3 rings (SSSR count). The minimum Gasteiger partial charge on any atom is -0.319 e. The van der Waals surface area contributed by atoms with Crippen LogP contribution in [0.25, 0.3) is 10.2 Å². The fourth-order valence-electron chi connectivity index (χ4n) is 3.02. The number of benzene rings is 2. The van der Waals surface area contributed by atoms with Gasteiger partial charge in [0.05, 0.1) is 16.6 Å². The van der Waals surface area contributed by atoms with Gasteiger partial charge in [0.2, 0.25) is 0 Å². The minimum absolute atomic E-state index is 0.103. The van der Waals surface area contributed by atoms with Crippen LogP contribution in [0.3, 0.4) is 0 Å². The van der Waals surface area contributed by atoms with Crippen molar-refractivity contribution in [3.8, 4) is 0 Å². The topological polar surface area (TPSA) is 34.4 Å². The summed E-state index contributed by atoms with van der Waals surface area (Å²) < 4.78 is 3.21. The standard InChI is InChI=1S/C21H24N2OS/c1-13(2)17-8-6-16(7-9-17)12-19(24)22-21-23(5)18-11-14(3)10-15(4)20(18)25-21/h6-11,13H,12H2,1-5H3. The van der Waals surface area contributed by atoms with Crippen LogP contribution in [0, 0.1) is 13.8 Å². The van der Waals surface area contributed by atoms with Crippen LogP contribution in [0.15, 0.2) is 41.4 Å². The van der Waals surface area contributed by atoms with E-state index in [0.717, 1.165) is 15.9 Å². The van der Waals surface area contributed by atoms with Crippen LogP contribution in [-0.4, -0.2) is 10.5 Å². The maximum absolute atomic E-state index is 12.4. The van der Waals surface area contributed by atoms with E-state index >= 15 is 0 Å². The maximum atomic E-state index is 12.4. The van der Waals surface area contributed by atoms with E-state index in [1.54, 1.807) is 11.3 Å². The highest BCUT2D eigenvalue weighted by molar-refractivity contribution is 7.16. The van der Waals surface area contributed by atoms with E-state index < -0.39 is 0 Å². The molecule has 4 heteroatoms. The van der Waals surface area contributed by atoms with Gasteiger partial charge >= 0.3 is 0 Å². The number of carbonyl (C=O) groups excluding carboxylic acids is 1. The van der Waals surface area contributed by atoms with Gasteiger partial charge in [-0.25, -0.2) is 0 Å². The van der Waals surface area contributed by atoms with Gasteiger partial charge in [0, 0.05) is 7.05 Å². The monoisotopic (exact) mass is 352 g/mol. The quantitative estimate of drug-likeness (QED) is 0.675. The summed E-state index contributed by atoms with van der Waals surface area (Å²) in [5.74, 6) is 0.396. The molecule has 0 N–H and O–H groups in total. The Labute approximate surface area is 152 Å². The average molecular weight is 353 g/mol. The lowest BCUT2D eigenvalue weighted by Crippen LogP contribution is -2.14. The smallest absolute Gasteiger partial charge is 0.252 e. The summed E-state index contributed by atoms with van der Waals surface area (Å²) in [6.45, 7) is 8.53. The molecule has 0 saturated carbocycles. The van der Waals surface area contributed by atoms with Crippen LogP contribution in [0.2, 0.25) is 0 Å². The average Bonchev–Trinajstić information content (AvgIpc) is 2.85. The Balaban J connectivity index is 1.90. The number of amides is 1. The normalized spacial score (nSPS) is 12.3. The van der Waals surface area contributed by atoms with Crippen molar-refractivity contribution < 1.29 is 4.79 Å². The first-order valence-electron chi connectivity index (χ1n) is 8.58. The second-order valence-electron chi connectivity index (χ2n) is 6.95. The van der Waals surface area contributed by atoms with Gasteiger partial charge in [0.25, 0.3) is 5.91 Å². The van der Waals surface area contributed by atoms with E-state index in [4.69, 9.17) is 0 Å². The van der Waals surface area contributed by atoms with E-state index in [0.29, 0.717) is 12.3 Å². The first-order valence-corrected chi connectivity index (χ1v) is 9.40. The number of aryl methyl sites for hydroxylation is 3. The van der Waals surface area contributed by atoms with Crippen molar-refractivity contribution in [2.75, 3.05) is 0 Å². The Morgan fingerprint density at radius 2 is 1.84 bits per heavy atom. The summed E-state index contributed by atoms with van der Waals surface area (Å²) in [5.41, 5.74) is 5.88. The van der Waals surface area contributed by atoms with Crippen LogP contribution in [0.4, 0.5) is 0 Å². The Kier molecular flexibility index (Phi) is 4.91. The molecule has 0 aliphatic carbocycles. The molecule has 0 unspecified atom stereocenters. The number of fused-ring (bicyclic) bond motifs is 1. The van der Waals surface area contributed by atoms with E-state index in [2.05, 4.69) is 57.0 Å². The van der Waals surface area contributed by atoms with E-state index in [9.17, 15) is 4.79 Å². The molecule has 2 aromatic carbocycles. The largest absolute Gasteiger partial charge is 0.319 e. The first kappa shape index (κ1) is 17.6. The van der Waals surface area contributed by atoms with Crippen molar-refractivity contribution in [3.63, 3.8) is 0 Å². The summed E-state index contributed by atoms with van der Waals surface area (Å²) in [7, 11) is 1.97. The molecule has 25 heavy (non-hydrogen) atoms. The summed E-state index contributed by atoms with van der Waals surface area (Å²) in [6, 6.07) is 12.6. The summed E-state index contributed by atoms with van der Waals surface area (Å²) in [5, 5.41) is 0. The van der Waals surface area contributed by atoms with E-state index in [1.807, 2.05) is 23.7 Å². The van der Waals surface area contributed by atoms with Crippen molar-refractivity contribution >= 4 is 27.5 Å². The Bertz CT molecular complexity index is 991. The number of rotatable bonds is 3. The molecule has 1 amide bonds. The maximum Gasteiger partial charge on any atom is 0.252 e. The molecule has 0 aliphatic rings. The molecular formula is C21H24N2OS. The van der Waals surface area contributed by atoms with Gasteiger partial charge < -0.3 is 4.57 Å². The van der Waals surface area contributed by atoms with Crippen molar-refractivity contribution in [1.82, 2.24) is 4.57 Å². The fraction of sp³-hybridized carbons (Fsp3) is 0.333. The van der Waals surface area contributed by atoms with Crippen LogP contribution in [0.1, 0.15) is 42.0 Å². The zero-order chi connectivity index (χ0) is 18.1. The lowest BCUT2D eigenvalue weighted by atomic mass is 10.0. The van der Waals surface area contributed by atoms with Gasteiger partial charge in [-0.3, -0.25) is 4.79 Å². The lowest BCUT2D eigenvalue weighted by molar-refractivity contribution is -0.117. The molecule has 0 fully saturated rings. The van der Waals surface area contributed by atoms with Crippen LogP contribution in [0.5, 0.6) is 0 Å². The minimum atomic E-state index is -0.103. The summed E-state index contributed by atoms with van der Waals surface area (Å²) in [6.07, 6.45) is 0.338. The predicted molar refractivity (Wildman–Crippen MR) is 105 cm³/mol. The van der Waals surface area contributed by atoms with Crippen LogP contribution in [-0.2, 0) is 18.3 Å². The molecule has 1 heterocycles. The Hall–Kier alpha value is -2.20. The zero-order valence-corrected chi connectivity index (χ0v) is 16.3. The van der Waals surface area contributed by atoms with Gasteiger partial charge in [-0.2, -0.15) is 4.99 Å². The molecule has 0 spiro atoms. The van der Waals surface area contributed by atoms with E-state index in [1.165, 1.54) is 21.4 Å². The second-order valence-corrected chi connectivity index (χ2v) is 7.93. The summed E-state index contributed by atoms with van der Waals surface area (Å²) >= 11 is 1.58. The van der Waals surface area contributed by atoms with Crippen molar-refractivity contribution in [1.29, 1.82) is 0 Å². The van der Waals surface area contributed by atoms with Gasteiger partial charge in [-0.1, -0.05) is 55.5 Å². The van der Waals surface area contributed by atoms with Crippen LogP contribution < -0.4 is 4.80 Å². The van der Waals surface area contributed by atoms with Crippen molar-refractivity contribution in [2.45, 2.75) is 40.0 Å². The van der Waals surface area contributed by atoms with Gasteiger partial charge in [0.1, 0.15) is 0 Å². The van der Waals surface area contributed by atoms with Gasteiger partial charge in [-0.05, 0) is 48.1 Å². The highest BCUT2D eigenvalue weighted by Crippen LogP contribution is 2.22. The molecule has 130 valence electrons. The number of thiazole rings is 1. The van der Waals surface area contributed by atoms with Crippen molar-refractivity contribution in [2.24, 2.45) is 12.0 Å². The van der Waals surface area contributed by atoms with Gasteiger partial charge in [-0.15, -0.1) is 0 Å². The Morgan fingerprint density at radius 3 is 2.48 bits per heavy atom. The SMILES string of the molecule is Cc1cc(C)c2sc(=NC(=O)Cc3ccc(C(C)C)cc3)n(C)c2c1. The molecule has 0 aliphatic heterocycles. The lowest BCUT2D eigenvalue weighted by Gasteiger charge is -2.05. The third kappa shape index (κ3) is 3.74. The fourth-order valence-corrected chi connectivity index (χ4v) is 4.10. The highest BCUT2D eigenvalue weighted by atomic mass is 32.1.